The molecule has 0 aliphatic rings. The van der Waals surface area contributed by atoms with E-state index in [9.17, 15) is 9.18 Å². The molecule has 1 heterocycles. The van der Waals surface area contributed by atoms with E-state index in [2.05, 4.69) is 15.4 Å². The predicted octanol–water partition coefficient (Wildman–Crippen LogP) is 4.95. The summed E-state index contributed by atoms with van der Waals surface area (Å²) in [7, 11) is 1.52. The fraction of sp³-hybridized carbons (Fsp3) is 0.125. The van der Waals surface area contributed by atoms with Crippen molar-refractivity contribution in [3.05, 3.63) is 89.2 Å². The Hall–Kier alpha value is -4.00. The van der Waals surface area contributed by atoms with Gasteiger partial charge in [0.05, 0.1) is 12.8 Å². The number of nitrogens with zero attached hydrogens (tertiary/aromatic N) is 3. The van der Waals surface area contributed by atoms with Crippen LogP contribution in [-0.4, -0.2) is 27.8 Å². The van der Waals surface area contributed by atoms with Gasteiger partial charge >= 0.3 is 6.01 Å². The third kappa shape index (κ3) is 4.30. The highest BCUT2D eigenvalue weighted by Crippen LogP contribution is 2.25. The molecule has 156 valence electrons. The lowest BCUT2D eigenvalue weighted by molar-refractivity contribution is 0.102. The van der Waals surface area contributed by atoms with Gasteiger partial charge in [0.2, 0.25) is 0 Å². The standard InChI is InChI=1S/C24H21FN4O2/c1-15-4-6-17(7-5-15)22-27-24(31-3)28-29(22)20-11-9-19(10-12-20)26-23(30)18-8-13-21(25)16(2)14-18/h4-14H,1-3H3,(H,26,30). The van der Waals surface area contributed by atoms with Crippen molar-refractivity contribution >= 4 is 11.6 Å². The lowest BCUT2D eigenvalue weighted by Crippen LogP contribution is -2.12. The average molecular weight is 416 g/mol. The first-order valence-electron chi connectivity index (χ1n) is 9.70. The van der Waals surface area contributed by atoms with Crippen molar-refractivity contribution in [3.63, 3.8) is 0 Å². The van der Waals surface area contributed by atoms with Crippen molar-refractivity contribution in [2.24, 2.45) is 0 Å². The van der Waals surface area contributed by atoms with Gasteiger partial charge in [0, 0.05) is 16.8 Å². The highest BCUT2D eigenvalue weighted by Gasteiger charge is 2.15. The van der Waals surface area contributed by atoms with Gasteiger partial charge in [-0.2, -0.15) is 4.98 Å². The number of hydrogen-bond donors (Lipinski definition) is 1. The lowest BCUT2D eigenvalue weighted by atomic mass is 10.1. The molecule has 0 atom stereocenters. The highest BCUT2D eigenvalue weighted by molar-refractivity contribution is 6.04. The molecule has 0 saturated carbocycles. The fourth-order valence-corrected chi connectivity index (χ4v) is 3.12. The Balaban J connectivity index is 1.59. The first-order valence-corrected chi connectivity index (χ1v) is 9.70. The Morgan fingerprint density at radius 3 is 2.35 bits per heavy atom. The van der Waals surface area contributed by atoms with Gasteiger partial charge in [0.1, 0.15) is 5.82 Å². The largest absolute Gasteiger partial charge is 0.466 e. The molecule has 1 aromatic heterocycles. The molecule has 0 spiro atoms. The number of amides is 1. The molecule has 0 radical (unpaired) electrons. The van der Waals surface area contributed by atoms with Crippen molar-refractivity contribution in [1.82, 2.24) is 14.8 Å². The Bertz CT molecular complexity index is 1230. The van der Waals surface area contributed by atoms with E-state index in [1.807, 2.05) is 43.3 Å². The summed E-state index contributed by atoms with van der Waals surface area (Å²) in [5.41, 5.74) is 4.25. The van der Waals surface area contributed by atoms with Gasteiger partial charge in [-0.15, -0.1) is 5.10 Å². The van der Waals surface area contributed by atoms with Gasteiger partial charge in [-0.1, -0.05) is 29.8 Å². The monoisotopic (exact) mass is 416 g/mol. The zero-order valence-corrected chi connectivity index (χ0v) is 17.4. The van der Waals surface area contributed by atoms with Crippen LogP contribution in [0.25, 0.3) is 17.1 Å². The van der Waals surface area contributed by atoms with Gasteiger partial charge in [-0.25, -0.2) is 9.07 Å². The minimum Gasteiger partial charge on any atom is -0.466 e. The molecule has 31 heavy (non-hydrogen) atoms. The van der Waals surface area contributed by atoms with E-state index in [-0.39, 0.29) is 17.7 Å². The predicted molar refractivity (Wildman–Crippen MR) is 117 cm³/mol. The van der Waals surface area contributed by atoms with Gasteiger partial charge in [-0.05, 0) is 61.9 Å². The van der Waals surface area contributed by atoms with Crippen LogP contribution in [0.1, 0.15) is 21.5 Å². The Labute approximate surface area is 179 Å². The third-order valence-corrected chi connectivity index (χ3v) is 4.87. The van der Waals surface area contributed by atoms with E-state index >= 15 is 0 Å². The summed E-state index contributed by atoms with van der Waals surface area (Å²) in [5.74, 6) is 0.00239. The first-order chi connectivity index (χ1) is 14.9. The summed E-state index contributed by atoms with van der Waals surface area (Å²) in [6.45, 7) is 3.65. The molecule has 3 aromatic carbocycles. The first kappa shape index (κ1) is 20.3. The minimum absolute atomic E-state index is 0.264. The van der Waals surface area contributed by atoms with Gasteiger partial charge in [-0.3, -0.25) is 4.79 Å². The van der Waals surface area contributed by atoms with E-state index in [0.717, 1.165) is 16.8 Å². The van der Waals surface area contributed by atoms with Crippen molar-refractivity contribution in [2.75, 3.05) is 12.4 Å². The maximum Gasteiger partial charge on any atom is 0.336 e. The molecule has 0 bridgehead atoms. The van der Waals surface area contributed by atoms with Gasteiger partial charge < -0.3 is 10.1 Å². The number of ether oxygens (including phenoxy) is 1. The molecule has 4 aromatic rings. The van der Waals surface area contributed by atoms with Crippen LogP contribution in [0.4, 0.5) is 10.1 Å². The van der Waals surface area contributed by atoms with Crippen LogP contribution in [-0.2, 0) is 0 Å². The number of carbonyl (C=O) groups is 1. The van der Waals surface area contributed by atoms with Crippen LogP contribution in [0.15, 0.2) is 66.7 Å². The SMILES string of the molecule is COc1nc(-c2ccc(C)cc2)n(-c2ccc(NC(=O)c3ccc(F)c(C)c3)cc2)n1. The van der Waals surface area contributed by atoms with Crippen molar-refractivity contribution in [3.8, 4) is 23.1 Å². The van der Waals surface area contributed by atoms with Crippen LogP contribution in [0.2, 0.25) is 0 Å². The second-order valence-corrected chi connectivity index (χ2v) is 7.16. The van der Waals surface area contributed by atoms with E-state index in [1.165, 1.54) is 25.3 Å². The minimum atomic E-state index is -0.339. The van der Waals surface area contributed by atoms with Crippen LogP contribution in [0.3, 0.4) is 0 Å². The Morgan fingerprint density at radius 1 is 1.00 bits per heavy atom. The zero-order chi connectivity index (χ0) is 22.0. The third-order valence-electron chi connectivity index (χ3n) is 4.87. The van der Waals surface area contributed by atoms with Crippen molar-refractivity contribution in [2.45, 2.75) is 13.8 Å². The summed E-state index contributed by atoms with van der Waals surface area (Å²) < 4.78 is 20.4. The molecule has 0 unspecified atom stereocenters. The summed E-state index contributed by atoms with van der Waals surface area (Å²) in [5, 5.41) is 7.24. The topological polar surface area (TPSA) is 69.0 Å². The number of aryl methyl sites for hydroxylation is 2. The van der Waals surface area contributed by atoms with Gasteiger partial charge in [0.25, 0.3) is 5.91 Å². The number of anilines is 1. The number of rotatable bonds is 5. The molecule has 4 rings (SSSR count). The van der Waals surface area contributed by atoms with Crippen LogP contribution < -0.4 is 10.1 Å². The summed E-state index contributed by atoms with van der Waals surface area (Å²) in [6, 6.07) is 19.7. The number of nitrogens with one attached hydrogen (secondary N) is 1. The van der Waals surface area contributed by atoms with Gasteiger partial charge in [0.15, 0.2) is 5.82 Å². The lowest BCUT2D eigenvalue weighted by Gasteiger charge is -2.09. The fourth-order valence-electron chi connectivity index (χ4n) is 3.12. The average Bonchev–Trinajstić information content (AvgIpc) is 3.21. The number of aromatic nitrogens is 3. The second kappa shape index (κ2) is 8.39. The molecule has 0 aliphatic carbocycles. The molecule has 6 nitrogen and oxygen atoms in total. The maximum absolute atomic E-state index is 13.4. The van der Waals surface area contributed by atoms with Crippen LogP contribution in [0.5, 0.6) is 6.01 Å². The number of halogens is 1. The van der Waals surface area contributed by atoms with E-state index < -0.39 is 0 Å². The second-order valence-electron chi connectivity index (χ2n) is 7.16. The smallest absolute Gasteiger partial charge is 0.336 e. The van der Waals surface area contributed by atoms with E-state index in [0.29, 0.717) is 22.6 Å². The molecular weight excluding hydrogens is 395 g/mol. The molecule has 0 aliphatic heterocycles. The number of hydrogen-bond acceptors (Lipinski definition) is 4. The molecule has 1 amide bonds. The number of methoxy groups -OCH3 is 1. The summed E-state index contributed by atoms with van der Waals surface area (Å²) in [4.78, 5) is 16.9. The Kier molecular flexibility index (Phi) is 5.49. The molecule has 7 heteroatoms. The highest BCUT2D eigenvalue weighted by atomic mass is 19.1. The van der Waals surface area contributed by atoms with Crippen molar-refractivity contribution in [1.29, 1.82) is 0 Å². The van der Waals surface area contributed by atoms with Crippen molar-refractivity contribution < 1.29 is 13.9 Å². The summed E-state index contributed by atoms with van der Waals surface area (Å²) in [6.07, 6.45) is 0. The zero-order valence-electron chi connectivity index (χ0n) is 17.4. The summed E-state index contributed by atoms with van der Waals surface area (Å²) >= 11 is 0. The quantitative estimate of drug-likeness (QED) is 0.500. The Morgan fingerprint density at radius 2 is 1.71 bits per heavy atom. The molecule has 0 fully saturated rings. The number of carbonyl (C=O) groups excluding carboxylic acids is 1. The molecule has 1 N–H and O–H groups in total. The van der Waals surface area contributed by atoms with Crippen LogP contribution >= 0.6 is 0 Å². The maximum atomic E-state index is 13.4. The van der Waals surface area contributed by atoms with E-state index in [4.69, 9.17) is 4.74 Å². The normalized spacial score (nSPS) is 10.7. The molecule has 0 saturated heterocycles. The number of benzene rings is 3. The van der Waals surface area contributed by atoms with E-state index in [1.54, 1.807) is 23.7 Å². The van der Waals surface area contributed by atoms with Crippen LogP contribution in [0, 0.1) is 19.7 Å². The molecular formula is C24H21FN4O2.